The van der Waals surface area contributed by atoms with Gasteiger partial charge in [-0.05, 0) is 93.1 Å². The van der Waals surface area contributed by atoms with Crippen LogP contribution in [0.25, 0.3) is 22.0 Å². The number of nitrogens with zero attached hydrogens (tertiary/aromatic N) is 3. The summed E-state index contributed by atoms with van der Waals surface area (Å²) in [5.41, 5.74) is 3.00. The number of fused-ring (bicyclic) bond motifs is 1. The van der Waals surface area contributed by atoms with Gasteiger partial charge in [-0.1, -0.05) is 97.1 Å². The number of likely N-dealkylation sites (tertiary alicyclic amines) is 1. The monoisotopic (exact) mass is 722 g/mol. The van der Waals surface area contributed by atoms with Crippen LogP contribution in [0.5, 0.6) is 0 Å². The molecule has 1 aliphatic rings. The molecule has 1 fully saturated rings. The Morgan fingerprint density at radius 1 is 0.796 bits per heavy atom. The molecule has 1 N–H and O–H groups in total. The predicted molar refractivity (Wildman–Crippen MR) is 209 cm³/mol. The summed E-state index contributed by atoms with van der Waals surface area (Å²) in [7, 11) is 0. The van der Waals surface area contributed by atoms with Crippen molar-refractivity contribution in [3.63, 3.8) is 0 Å². The third-order valence-electron chi connectivity index (χ3n) is 9.94. The molecule has 0 aliphatic carbocycles. The van der Waals surface area contributed by atoms with Gasteiger partial charge in [0, 0.05) is 29.6 Å². The third-order valence-corrected chi connectivity index (χ3v) is 9.94. The van der Waals surface area contributed by atoms with E-state index in [1.165, 1.54) is 19.1 Å². The van der Waals surface area contributed by atoms with E-state index in [0.29, 0.717) is 47.2 Å². The first-order valence-electron chi connectivity index (χ1n) is 18.2. The second kappa shape index (κ2) is 14.7. The molecule has 0 spiro atoms. The molecule has 2 amide bonds. The van der Waals surface area contributed by atoms with E-state index in [1.807, 2.05) is 98.2 Å². The summed E-state index contributed by atoms with van der Waals surface area (Å²) in [5, 5.41) is 8.98. The number of ether oxygens (including phenoxy) is 1. The van der Waals surface area contributed by atoms with Gasteiger partial charge in [0.1, 0.15) is 17.0 Å². The Hall–Kier alpha value is -6.09. The minimum Gasteiger partial charge on any atom is -0.444 e. The summed E-state index contributed by atoms with van der Waals surface area (Å²) < 4.78 is 23.1. The van der Waals surface area contributed by atoms with Crippen LogP contribution in [0.3, 0.4) is 0 Å². The number of halogens is 1. The Kier molecular flexibility index (Phi) is 9.90. The maximum absolute atomic E-state index is 15.5. The molecule has 5 aromatic carbocycles. The van der Waals surface area contributed by atoms with Crippen molar-refractivity contribution in [1.29, 1.82) is 0 Å². The van der Waals surface area contributed by atoms with Gasteiger partial charge in [-0.2, -0.15) is 5.10 Å². The second-order valence-corrected chi connectivity index (χ2v) is 14.8. The molecule has 0 bridgehead atoms. The number of Topliss-reactive ketones (excluding diaryl/α,β-unsaturated/α-hetero) is 1. The Bertz CT molecular complexity index is 2220. The Balaban J connectivity index is 1.43. The highest BCUT2D eigenvalue weighted by Gasteiger charge is 2.41. The molecule has 54 heavy (non-hydrogen) atoms. The Morgan fingerprint density at radius 2 is 1.39 bits per heavy atom. The largest absolute Gasteiger partial charge is 0.444 e. The first-order valence-corrected chi connectivity index (χ1v) is 18.2. The van der Waals surface area contributed by atoms with Crippen LogP contribution in [-0.2, 0) is 15.1 Å². The van der Waals surface area contributed by atoms with Crippen molar-refractivity contribution in [3.8, 4) is 11.1 Å². The summed E-state index contributed by atoms with van der Waals surface area (Å²) in [5.74, 6) is -1.16. The summed E-state index contributed by atoms with van der Waals surface area (Å²) in [6.45, 7) is 7.60. The molecule has 9 heteroatoms. The number of aromatic nitrogens is 2. The highest BCUT2D eigenvalue weighted by Crippen LogP contribution is 2.44. The average Bonchev–Trinajstić information content (AvgIpc) is 3.53. The van der Waals surface area contributed by atoms with Crippen LogP contribution < -0.4 is 5.32 Å². The number of rotatable bonds is 8. The molecule has 0 saturated carbocycles. The molecular weight excluding hydrogens is 680 g/mol. The topological polar surface area (TPSA) is 93.5 Å². The lowest BCUT2D eigenvalue weighted by atomic mass is 9.77. The first-order chi connectivity index (χ1) is 26.0. The van der Waals surface area contributed by atoms with Gasteiger partial charge in [0.2, 0.25) is 5.91 Å². The van der Waals surface area contributed by atoms with Crippen LogP contribution in [0.1, 0.15) is 67.6 Å². The second-order valence-electron chi connectivity index (χ2n) is 14.8. The van der Waals surface area contributed by atoms with Crippen molar-refractivity contribution in [2.75, 3.05) is 18.4 Å². The summed E-state index contributed by atoms with van der Waals surface area (Å²) >= 11 is 0. The third kappa shape index (κ3) is 7.01. The van der Waals surface area contributed by atoms with Gasteiger partial charge in [0.25, 0.3) is 0 Å². The number of hydrogen-bond donors (Lipinski definition) is 1. The van der Waals surface area contributed by atoms with E-state index in [-0.39, 0.29) is 23.8 Å². The van der Waals surface area contributed by atoms with E-state index in [1.54, 1.807) is 11.0 Å². The van der Waals surface area contributed by atoms with Crippen molar-refractivity contribution in [1.82, 2.24) is 14.7 Å². The van der Waals surface area contributed by atoms with Crippen molar-refractivity contribution in [2.24, 2.45) is 5.92 Å². The van der Waals surface area contributed by atoms with E-state index in [9.17, 15) is 14.4 Å². The number of benzene rings is 5. The number of carbonyl (C=O) groups is 3. The van der Waals surface area contributed by atoms with E-state index < -0.39 is 29.0 Å². The van der Waals surface area contributed by atoms with E-state index in [0.717, 1.165) is 16.7 Å². The Morgan fingerprint density at radius 3 is 1.94 bits per heavy atom. The van der Waals surface area contributed by atoms with Crippen LogP contribution >= 0.6 is 0 Å². The van der Waals surface area contributed by atoms with E-state index >= 15 is 4.39 Å². The maximum Gasteiger partial charge on any atom is 0.410 e. The number of anilines is 1. The van der Waals surface area contributed by atoms with Crippen LogP contribution in [-0.4, -0.2) is 51.2 Å². The zero-order chi connectivity index (χ0) is 38.0. The molecule has 6 aromatic rings. The van der Waals surface area contributed by atoms with Crippen LogP contribution in [0.15, 0.2) is 127 Å². The SMILES string of the molecule is CC(=O)c1ccc(F)c(-c2ccc3c(c2)c(NC(=O)[C@@H]2CCCN(C(=O)OC(C)(C)C)C2)nn3C(c2ccccc2)(c2ccccc2)c2ccccc2)c1. The Labute approximate surface area is 314 Å². The molecule has 0 radical (unpaired) electrons. The molecule has 2 heterocycles. The van der Waals surface area contributed by atoms with Gasteiger partial charge >= 0.3 is 6.09 Å². The fourth-order valence-corrected chi connectivity index (χ4v) is 7.41. The lowest BCUT2D eigenvalue weighted by Crippen LogP contribution is -2.45. The number of hydrogen-bond acceptors (Lipinski definition) is 5. The predicted octanol–water partition coefficient (Wildman–Crippen LogP) is 9.47. The lowest BCUT2D eigenvalue weighted by Gasteiger charge is -2.37. The fourth-order valence-electron chi connectivity index (χ4n) is 7.41. The number of carbonyl (C=O) groups excluding carboxylic acids is 3. The quantitative estimate of drug-likeness (QED) is 0.125. The molecule has 1 atom stereocenters. The van der Waals surface area contributed by atoms with Crippen LogP contribution in [0.4, 0.5) is 15.0 Å². The van der Waals surface area contributed by atoms with Gasteiger partial charge in [0.15, 0.2) is 11.6 Å². The minimum atomic E-state index is -1.01. The van der Waals surface area contributed by atoms with Gasteiger partial charge < -0.3 is 15.0 Å². The maximum atomic E-state index is 15.5. The smallest absolute Gasteiger partial charge is 0.410 e. The standard InChI is InChI=1S/C45H43FN4O4/c1-30(51)31-22-24-39(46)37(27-31)32-23-25-40-38(28-32)41(47-42(52)33-15-14-26-49(29-33)43(53)54-44(2,3)4)48-50(40)45(34-16-8-5-9-17-34,35-18-10-6-11-19-35)36-20-12-7-13-21-36/h5-13,16-25,27-28,33H,14-15,26,29H2,1-4H3,(H,47,48,52)/t33-/m1/s1. The van der Waals surface area contributed by atoms with Gasteiger partial charge in [0.05, 0.1) is 11.4 Å². The number of nitrogens with one attached hydrogen (secondary N) is 1. The summed E-state index contributed by atoms with van der Waals surface area (Å²) in [6.07, 6.45) is 0.772. The zero-order valence-electron chi connectivity index (χ0n) is 30.9. The number of amides is 2. The first kappa shape index (κ1) is 36.3. The minimum absolute atomic E-state index is 0.177. The molecule has 8 nitrogen and oxygen atoms in total. The summed E-state index contributed by atoms with van der Waals surface area (Å²) in [6, 6.07) is 40.1. The van der Waals surface area contributed by atoms with Gasteiger partial charge in [-0.3, -0.25) is 9.59 Å². The molecule has 1 aliphatic heterocycles. The van der Waals surface area contributed by atoms with Crippen molar-refractivity contribution in [2.45, 2.75) is 51.7 Å². The molecule has 7 rings (SSSR count). The highest BCUT2D eigenvalue weighted by atomic mass is 19.1. The van der Waals surface area contributed by atoms with Crippen molar-refractivity contribution >= 4 is 34.5 Å². The summed E-state index contributed by atoms with van der Waals surface area (Å²) in [4.78, 5) is 41.1. The number of ketones is 1. The van der Waals surface area contributed by atoms with Crippen molar-refractivity contribution < 1.29 is 23.5 Å². The van der Waals surface area contributed by atoms with Crippen LogP contribution in [0.2, 0.25) is 0 Å². The van der Waals surface area contributed by atoms with Gasteiger partial charge in [-0.25, -0.2) is 13.9 Å². The van der Waals surface area contributed by atoms with E-state index in [2.05, 4.69) is 41.7 Å². The van der Waals surface area contributed by atoms with E-state index in [4.69, 9.17) is 9.84 Å². The molecular formula is C45H43FN4O4. The molecule has 1 saturated heterocycles. The number of piperidine rings is 1. The normalized spacial score (nSPS) is 14.8. The zero-order valence-corrected chi connectivity index (χ0v) is 30.9. The molecule has 274 valence electrons. The van der Waals surface area contributed by atoms with Crippen molar-refractivity contribution in [3.05, 3.63) is 155 Å². The average molecular weight is 723 g/mol. The molecule has 1 aromatic heterocycles. The lowest BCUT2D eigenvalue weighted by molar-refractivity contribution is -0.121. The van der Waals surface area contributed by atoms with Crippen LogP contribution in [0, 0.1) is 11.7 Å². The fraction of sp³-hybridized carbons (Fsp3) is 0.244. The molecule has 0 unspecified atom stereocenters. The highest BCUT2D eigenvalue weighted by molar-refractivity contribution is 6.03. The van der Waals surface area contributed by atoms with Gasteiger partial charge in [-0.15, -0.1) is 0 Å².